The molecule has 2 aromatic heterocycles. The number of carbonyl (C=O) groups excluding carboxylic acids is 1. The molecule has 2 rings (SSSR count). The molecule has 0 aromatic carbocycles. The molecule has 0 fully saturated rings. The van der Waals surface area contributed by atoms with E-state index >= 15 is 0 Å². The highest BCUT2D eigenvalue weighted by molar-refractivity contribution is 7.16. The molecule has 0 aliphatic carbocycles. The molecule has 0 N–H and O–H groups in total. The van der Waals surface area contributed by atoms with Gasteiger partial charge in [0, 0.05) is 22.7 Å². The van der Waals surface area contributed by atoms with Crippen LogP contribution >= 0.6 is 34.3 Å². The van der Waals surface area contributed by atoms with Gasteiger partial charge in [0.2, 0.25) is 0 Å². The van der Waals surface area contributed by atoms with Gasteiger partial charge in [-0.15, -0.1) is 22.7 Å². The molecule has 0 radical (unpaired) electrons. The molecule has 84 valence electrons. The van der Waals surface area contributed by atoms with Gasteiger partial charge in [-0.2, -0.15) is 0 Å². The van der Waals surface area contributed by atoms with Crippen molar-refractivity contribution in [1.29, 1.82) is 0 Å². The molecule has 2 aromatic rings. The van der Waals surface area contributed by atoms with E-state index in [4.69, 9.17) is 16.3 Å². The van der Waals surface area contributed by atoms with Crippen molar-refractivity contribution in [1.82, 2.24) is 0 Å². The van der Waals surface area contributed by atoms with Gasteiger partial charge in [0.15, 0.2) is 5.78 Å². The molecular weight excluding hydrogens is 264 g/mol. The van der Waals surface area contributed by atoms with Gasteiger partial charge < -0.3 is 4.74 Å². The normalized spacial score (nSPS) is 10.4. The number of ether oxygens (including phenoxy) is 1. The van der Waals surface area contributed by atoms with E-state index < -0.39 is 0 Å². The van der Waals surface area contributed by atoms with E-state index in [0.717, 1.165) is 15.5 Å². The molecule has 0 saturated carbocycles. The average Bonchev–Trinajstić information content (AvgIpc) is 2.87. The second kappa shape index (κ2) is 4.99. The van der Waals surface area contributed by atoms with Crippen molar-refractivity contribution in [3.05, 3.63) is 37.7 Å². The Kier molecular flexibility index (Phi) is 3.63. The van der Waals surface area contributed by atoms with Gasteiger partial charge in [-0.05, 0) is 12.1 Å². The zero-order valence-electron chi connectivity index (χ0n) is 8.53. The summed E-state index contributed by atoms with van der Waals surface area (Å²) in [7, 11) is 1.59. The van der Waals surface area contributed by atoms with Crippen LogP contribution in [-0.4, -0.2) is 12.9 Å². The Bertz CT molecular complexity index is 502. The fourth-order valence-electron chi connectivity index (χ4n) is 1.26. The monoisotopic (exact) mass is 272 g/mol. The Labute approximate surface area is 106 Å². The molecule has 0 spiro atoms. The molecule has 2 heterocycles. The van der Waals surface area contributed by atoms with Crippen molar-refractivity contribution in [2.45, 2.75) is 6.42 Å². The predicted octanol–water partition coefficient (Wildman–Crippen LogP) is 3.90. The van der Waals surface area contributed by atoms with Crippen molar-refractivity contribution in [2.75, 3.05) is 7.11 Å². The molecular formula is C11H9ClO2S2. The first-order valence-corrected chi connectivity index (χ1v) is 6.66. The molecule has 0 unspecified atom stereocenters. The Hall–Kier alpha value is -0.840. The lowest BCUT2D eigenvalue weighted by molar-refractivity contribution is 0.0997. The van der Waals surface area contributed by atoms with Crippen molar-refractivity contribution in [3.8, 4) is 5.75 Å². The lowest BCUT2D eigenvalue weighted by Crippen LogP contribution is -1.98. The summed E-state index contributed by atoms with van der Waals surface area (Å²) >= 11 is 8.65. The predicted molar refractivity (Wildman–Crippen MR) is 68.2 cm³/mol. The summed E-state index contributed by atoms with van der Waals surface area (Å²) in [6.45, 7) is 0. The number of hydrogen-bond donors (Lipinski definition) is 0. The molecule has 16 heavy (non-hydrogen) atoms. The zero-order chi connectivity index (χ0) is 11.5. The van der Waals surface area contributed by atoms with Crippen molar-refractivity contribution < 1.29 is 9.53 Å². The fourth-order valence-corrected chi connectivity index (χ4v) is 3.15. The fraction of sp³-hybridized carbons (Fsp3) is 0.182. The van der Waals surface area contributed by atoms with Crippen LogP contribution in [0.15, 0.2) is 23.6 Å². The van der Waals surface area contributed by atoms with Gasteiger partial charge in [0.05, 0.1) is 16.3 Å². The Morgan fingerprint density at radius 3 is 2.88 bits per heavy atom. The van der Waals surface area contributed by atoms with E-state index in [1.54, 1.807) is 13.2 Å². The minimum Gasteiger partial charge on any atom is -0.496 e. The van der Waals surface area contributed by atoms with Crippen molar-refractivity contribution >= 4 is 40.1 Å². The molecule has 5 heteroatoms. The van der Waals surface area contributed by atoms with Crippen LogP contribution in [-0.2, 0) is 6.42 Å². The quantitative estimate of drug-likeness (QED) is 0.789. The first-order chi connectivity index (χ1) is 7.69. The SMILES string of the molecule is COc1csc(C(=O)Cc2ccc(Cl)s2)c1. The van der Waals surface area contributed by atoms with Crippen LogP contribution in [0.3, 0.4) is 0 Å². The first-order valence-electron chi connectivity index (χ1n) is 4.59. The number of ketones is 1. The molecule has 0 amide bonds. The Balaban J connectivity index is 2.08. The van der Waals surface area contributed by atoms with Crippen LogP contribution in [0.2, 0.25) is 4.34 Å². The first kappa shape index (κ1) is 11.6. The number of carbonyl (C=O) groups is 1. The number of rotatable bonds is 4. The van der Waals surface area contributed by atoms with E-state index in [2.05, 4.69) is 0 Å². The minimum absolute atomic E-state index is 0.104. The summed E-state index contributed by atoms with van der Waals surface area (Å²) in [5, 5.41) is 1.83. The van der Waals surface area contributed by atoms with Gasteiger partial charge in [0.1, 0.15) is 5.75 Å². The lowest BCUT2D eigenvalue weighted by atomic mass is 10.2. The van der Waals surface area contributed by atoms with Gasteiger partial charge >= 0.3 is 0 Å². The Morgan fingerprint density at radius 2 is 2.31 bits per heavy atom. The van der Waals surface area contributed by atoms with E-state index in [0.29, 0.717) is 10.8 Å². The maximum absolute atomic E-state index is 11.9. The summed E-state index contributed by atoms with van der Waals surface area (Å²) in [5.74, 6) is 0.837. The summed E-state index contributed by atoms with van der Waals surface area (Å²) < 4.78 is 5.75. The maximum Gasteiger partial charge on any atom is 0.178 e. The molecule has 0 aliphatic rings. The zero-order valence-corrected chi connectivity index (χ0v) is 10.9. The highest BCUT2D eigenvalue weighted by atomic mass is 35.5. The van der Waals surface area contributed by atoms with E-state index in [-0.39, 0.29) is 5.78 Å². The molecule has 0 saturated heterocycles. The summed E-state index contributed by atoms with van der Waals surface area (Å²) in [4.78, 5) is 13.6. The van der Waals surface area contributed by atoms with Crippen LogP contribution in [0, 0.1) is 0 Å². The number of hydrogen-bond acceptors (Lipinski definition) is 4. The molecule has 0 bridgehead atoms. The third-order valence-electron chi connectivity index (χ3n) is 2.05. The second-order valence-corrected chi connectivity index (χ2v) is 5.87. The molecule has 0 aliphatic heterocycles. The third-order valence-corrected chi connectivity index (χ3v) is 4.23. The van der Waals surface area contributed by atoms with E-state index in [9.17, 15) is 4.79 Å². The smallest absolute Gasteiger partial charge is 0.178 e. The van der Waals surface area contributed by atoms with Crippen molar-refractivity contribution in [3.63, 3.8) is 0 Å². The van der Waals surface area contributed by atoms with Gasteiger partial charge in [-0.1, -0.05) is 11.6 Å². The number of thiophene rings is 2. The number of Topliss-reactive ketones (excluding diaryl/α,β-unsaturated/α-hetero) is 1. The average molecular weight is 273 g/mol. The summed E-state index contributed by atoms with van der Waals surface area (Å²) in [6, 6.07) is 5.46. The van der Waals surface area contributed by atoms with Gasteiger partial charge in [-0.3, -0.25) is 4.79 Å². The number of methoxy groups -OCH3 is 1. The maximum atomic E-state index is 11.9. The minimum atomic E-state index is 0.104. The van der Waals surface area contributed by atoms with Crippen LogP contribution in [0.1, 0.15) is 14.5 Å². The summed E-state index contributed by atoms with van der Waals surface area (Å²) in [6.07, 6.45) is 0.404. The standard InChI is InChI=1S/C11H9ClO2S2/c1-14-7-4-10(15-6-7)9(13)5-8-2-3-11(12)16-8/h2-4,6H,5H2,1H3. The van der Waals surface area contributed by atoms with Crippen LogP contribution in [0.5, 0.6) is 5.75 Å². The highest BCUT2D eigenvalue weighted by Crippen LogP contribution is 2.26. The van der Waals surface area contributed by atoms with E-state index in [1.807, 2.05) is 17.5 Å². The molecule has 0 atom stereocenters. The van der Waals surface area contributed by atoms with E-state index in [1.165, 1.54) is 22.7 Å². The second-order valence-electron chi connectivity index (χ2n) is 3.16. The largest absolute Gasteiger partial charge is 0.496 e. The highest BCUT2D eigenvalue weighted by Gasteiger charge is 2.11. The van der Waals surface area contributed by atoms with Gasteiger partial charge in [0.25, 0.3) is 0 Å². The van der Waals surface area contributed by atoms with Gasteiger partial charge in [-0.25, -0.2) is 0 Å². The Morgan fingerprint density at radius 1 is 1.50 bits per heavy atom. The van der Waals surface area contributed by atoms with Crippen LogP contribution in [0.25, 0.3) is 0 Å². The summed E-state index contributed by atoms with van der Waals surface area (Å²) in [5.41, 5.74) is 0. The van der Waals surface area contributed by atoms with Crippen LogP contribution in [0.4, 0.5) is 0 Å². The lowest BCUT2D eigenvalue weighted by Gasteiger charge is -1.94. The van der Waals surface area contributed by atoms with Crippen molar-refractivity contribution in [2.24, 2.45) is 0 Å². The molecule has 2 nitrogen and oxygen atoms in total. The third kappa shape index (κ3) is 2.64. The topological polar surface area (TPSA) is 26.3 Å². The van der Waals surface area contributed by atoms with Crippen LogP contribution < -0.4 is 4.74 Å². The number of halogens is 1.